The van der Waals surface area contributed by atoms with E-state index in [-0.39, 0.29) is 0 Å². The Balaban J connectivity index is 2.23. The fourth-order valence-corrected chi connectivity index (χ4v) is 2.70. The Morgan fingerprint density at radius 1 is 1.17 bits per heavy atom. The highest BCUT2D eigenvalue weighted by atomic mass is 79.9. The zero-order chi connectivity index (χ0) is 13.4. The van der Waals surface area contributed by atoms with Gasteiger partial charge in [-0.05, 0) is 61.5 Å². The molecule has 0 aliphatic rings. The standard InChI is InChI=1S/C14H21BrO2S/c1-11-9-13(10-12(2)14(11)15)17-6-4-8-18-7-3-5-16/h9-10,16H,3-8H2,1-2H3. The first-order chi connectivity index (χ1) is 8.65. The van der Waals surface area contributed by atoms with Crippen molar-refractivity contribution in [2.45, 2.75) is 26.7 Å². The number of ether oxygens (including phenoxy) is 1. The quantitative estimate of drug-likeness (QED) is 0.731. The van der Waals surface area contributed by atoms with Crippen LogP contribution in [0.5, 0.6) is 5.75 Å². The van der Waals surface area contributed by atoms with Crippen LogP contribution in [0.25, 0.3) is 0 Å². The maximum Gasteiger partial charge on any atom is 0.119 e. The summed E-state index contributed by atoms with van der Waals surface area (Å²) in [6.45, 7) is 5.21. The minimum atomic E-state index is 0.293. The fourth-order valence-electron chi connectivity index (χ4n) is 1.61. The predicted molar refractivity (Wildman–Crippen MR) is 82.8 cm³/mol. The van der Waals surface area contributed by atoms with E-state index in [4.69, 9.17) is 9.84 Å². The summed E-state index contributed by atoms with van der Waals surface area (Å²) in [4.78, 5) is 0. The van der Waals surface area contributed by atoms with Crippen molar-refractivity contribution < 1.29 is 9.84 Å². The summed E-state index contributed by atoms with van der Waals surface area (Å²) in [5.41, 5.74) is 2.42. The van der Waals surface area contributed by atoms with Crippen molar-refractivity contribution in [1.29, 1.82) is 0 Å². The zero-order valence-corrected chi connectivity index (χ0v) is 13.4. The molecule has 1 N–H and O–H groups in total. The van der Waals surface area contributed by atoms with Crippen molar-refractivity contribution in [1.82, 2.24) is 0 Å². The topological polar surface area (TPSA) is 29.5 Å². The smallest absolute Gasteiger partial charge is 0.119 e. The summed E-state index contributed by atoms with van der Waals surface area (Å²) in [5, 5.41) is 8.65. The second-order valence-electron chi connectivity index (χ2n) is 4.26. The number of aliphatic hydroxyl groups excluding tert-OH is 1. The number of halogens is 1. The molecule has 0 saturated heterocycles. The summed E-state index contributed by atoms with van der Waals surface area (Å²) >= 11 is 5.43. The molecule has 0 aliphatic carbocycles. The van der Waals surface area contributed by atoms with E-state index in [9.17, 15) is 0 Å². The van der Waals surface area contributed by atoms with Crippen LogP contribution in [-0.4, -0.2) is 29.8 Å². The van der Waals surface area contributed by atoms with Crippen molar-refractivity contribution in [3.05, 3.63) is 27.7 Å². The van der Waals surface area contributed by atoms with E-state index in [1.165, 1.54) is 11.1 Å². The average molecular weight is 333 g/mol. The van der Waals surface area contributed by atoms with E-state index in [0.29, 0.717) is 6.61 Å². The number of aliphatic hydroxyl groups is 1. The molecule has 0 atom stereocenters. The van der Waals surface area contributed by atoms with E-state index in [0.717, 1.165) is 41.2 Å². The van der Waals surface area contributed by atoms with Crippen LogP contribution < -0.4 is 4.74 Å². The Morgan fingerprint density at radius 3 is 2.39 bits per heavy atom. The van der Waals surface area contributed by atoms with Gasteiger partial charge in [-0.2, -0.15) is 11.8 Å². The van der Waals surface area contributed by atoms with E-state index < -0.39 is 0 Å². The molecule has 0 bridgehead atoms. The van der Waals surface area contributed by atoms with Crippen LogP contribution in [0.3, 0.4) is 0 Å². The van der Waals surface area contributed by atoms with Gasteiger partial charge in [0.1, 0.15) is 5.75 Å². The van der Waals surface area contributed by atoms with Gasteiger partial charge in [-0.15, -0.1) is 0 Å². The molecular weight excluding hydrogens is 312 g/mol. The van der Waals surface area contributed by atoms with Gasteiger partial charge < -0.3 is 9.84 Å². The van der Waals surface area contributed by atoms with Gasteiger partial charge in [0.25, 0.3) is 0 Å². The molecule has 0 heterocycles. The molecule has 0 fully saturated rings. The Hall–Kier alpha value is -0.190. The fraction of sp³-hybridized carbons (Fsp3) is 0.571. The molecule has 0 aliphatic heterocycles. The summed E-state index contributed by atoms with van der Waals surface area (Å²) in [6.07, 6.45) is 1.93. The van der Waals surface area contributed by atoms with Gasteiger partial charge in [-0.25, -0.2) is 0 Å². The molecule has 1 aromatic carbocycles. The van der Waals surface area contributed by atoms with Gasteiger partial charge in [0, 0.05) is 11.1 Å². The van der Waals surface area contributed by atoms with Crippen LogP contribution in [0.4, 0.5) is 0 Å². The first kappa shape index (κ1) is 15.9. The lowest BCUT2D eigenvalue weighted by Gasteiger charge is -2.10. The Bertz CT molecular complexity index is 346. The van der Waals surface area contributed by atoms with E-state index in [1.54, 1.807) is 0 Å². The molecule has 0 amide bonds. The highest BCUT2D eigenvalue weighted by molar-refractivity contribution is 9.10. The number of aryl methyl sites for hydroxylation is 2. The molecule has 1 rings (SSSR count). The molecule has 4 heteroatoms. The molecular formula is C14H21BrO2S. The van der Waals surface area contributed by atoms with Crippen molar-refractivity contribution in [3.63, 3.8) is 0 Å². The Kier molecular flexibility index (Phi) is 7.79. The van der Waals surface area contributed by atoms with E-state index in [1.807, 2.05) is 11.8 Å². The lowest BCUT2D eigenvalue weighted by Crippen LogP contribution is -2.00. The Labute approximate surface area is 122 Å². The lowest BCUT2D eigenvalue weighted by atomic mass is 10.1. The normalized spacial score (nSPS) is 10.7. The summed E-state index contributed by atoms with van der Waals surface area (Å²) in [6, 6.07) is 4.13. The summed E-state index contributed by atoms with van der Waals surface area (Å²) in [7, 11) is 0. The number of thioether (sulfide) groups is 1. The molecule has 0 saturated carbocycles. The largest absolute Gasteiger partial charge is 0.494 e. The maximum atomic E-state index is 8.65. The maximum absolute atomic E-state index is 8.65. The molecule has 0 aromatic heterocycles. The zero-order valence-electron chi connectivity index (χ0n) is 11.0. The van der Waals surface area contributed by atoms with Crippen LogP contribution >= 0.6 is 27.7 Å². The number of rotatable bonds is 8. The van der Waals surface area contributed by atoms with Crippen molar-refractivity contribution in [2.75, 3.05) is 24.7 Å². The lowest BCUT2D eigenvalue weighted by molar-refractivity contribution is 0.296. The molecule has 1 aromatic rings. The third kappa shape index (κ3) is 5.63. The number of hydrogen-bond acceptors (Lipinski definition) is 3. The monoisotopic (exact) mass is 332 g/mol. The summed E-state index contributed by atoms with van der Waals surface area (Å²) in [5.74, 6) is 3.08. The van der Waals surface area contributed by atoms with Gasteiger partial charge in [0.05, 0.1) is 6.61 Å². The van der Waals surface area contributed by atoms with Gasteiger partial charge >= 0.3 is 0 Å². The van der Waals surface area contributed by atoms with Crippen LogP contribution in [0, 0.1) is 13.8 Å². The third-order valence-electron chi connectivity index (χ3n) is 2.56. The minimum Gasteiger partial charge on any atom is -0.494 e. The summed E-state index contributed by atoms with van der Waals surface area (Å²) < 4.78 is 6.91. The highest BCUT2D eigenvalue weighted by Gasteiger charge is 2.02. The second kappa shape index (κ2) is 8.83. The van der Waals surface area contributed by atoms with Crippen molar-refractivity contribution >= 4 is 27.7 Å². The molecule has 0 unspecified atom stereocenters. The van der Waals surface area contributed by atoms with Gasteiger partial charge in [-0.3, -0.25) is 0 Å². The first-order valence-electron chi connectivity index (χ1n) is 6.23. The van der Waals surface area contributed by atoms with Gasteiger partial charge in [0.15, 0.2) is 0 Å². The Morgan fingerprint density at radius 2 is 1.78 bits per heavy atom. The predicted octanol–water partition coefficient (Wildman–Crippen LogP) is 3.95. The van der Waals surface area contributed by atoms with Crippen molar-refractivity contribution in [2.24, 2.45) is 0 Å². The van der Waals surface area contributed by atoms with Crippen LogP contribution in [0.15, 0.2) is 16.6 Å². The molecule has 0 radical (unpaired) electrons. The third-order valence-corrected chi connectivity index (χ3v) is 4.96. The van der Waals surface area contributed by atoms with Crippen LogP contribution in [-0.2, 0) is 0 Å². The van der Waals surface area contributed by atoms with Crippen LogP contribution in [0.1, 0.15) is 24.0 Å². The number of hydrogen-bond donors (Lipinski definition) is 1. The van der Waals surface area contributed by atoms with E-state index >= 15 is 0 Å². The van der Waals surface area contributed by atoms with E-state index in [2.05, 4.69) is 41.9 Å². The molecule has 102 valence electrons. The average Bonchev–Trinajstić information content (AvgIpc) is 2.34. The second-order valence-corrected chi connectivity index (χ2v) is 6.28. The first-order valence-corrected chi connectivity index (χ1v) is 8.18. The molecule has 0 spiro atoms. The number of benzene rings is 1. The van der Waals surface area contributed by atoms with Gasteiger partial charge in [-0.1, -0.05) is 15.9 Å². The SMILES string of the molecule is Cc1cc(OCCCSCCCO)cc(C)c1Br. The van der Waals surface area contributed by atoms with Crippen molar-refractivity contribution in [3.8, 4) is 5.75 Å². The molecule has 18 heavy (non-hydrogen) atoms. The highest BCUT2D eigenvalue weighted by Crippen LogP contribution is 2.26. The van der Waals surface area contributed by atoms with Gasteiger partial charge in [0.2, 0.25) is 0 Å². The minimum absolute atomic E-state index is 0.293. The molecule has 2 nitrogen and oxygen atoms in total. The van der Waals surface area contributed by atoms with Crippen LogP contribution in [0.2, 0.25) is 0 Å².